The van der Waals surface area contributed by atoms with Gasteiger partial charge in [-0.05, 0) is 35.7 Å². The number of hydrogen-bond acceptors (Lipinski definition) is 6. The van der Waals surface area contributed by atoms with Crippen molar-refractivity contribution < 1.29 is 28.8 Å². The molecule has 5 rings (SSSR count). The van der Waals surface area contributed by atoms with Gasteiger partial charge in [-0.15, -0.1) is 0 Å². The maximum atomic E-state index is 12.6. The summed E-state index contributed by atoms with van der Waals surface area (Å²) < 4.78 is 25.7. The van der Waals surface area contributed by atoms with Crippen LogP contribution >= 0.6 is 11.8 Å². The normalized spacial score (nSPS) is 22.3. The molecule has 1 aliphatic rings. The van der Waals surface area contributed by atoms with E-state index in [4.69, 9.17) is 18.9 Å². The molecule has 1 saturated heterocycles. The molecule has 1 N–H and O–H groups in total. The summed E-state index contributed by atoms with van der Waals surface area (Å²) in [5.41, 5.74) is 3.38. The number of carbonyl (C=O) groups is 1. The van der Waals surface area contributed by atoms with Gasteiger partial charge in [0.05, 0.1) is 19.8 Å². The van der Waals surface area contributed by atoms with Crippen molar-refractivity contribution >= 4 is 17.7 Å². The summed E-state index contributed by atoms with van der Waals surface area (Å²) in [6, 6.07) is 37.4. The van der Waals surface area contributed by atoms with Gasteiger partial charge in [-0.2, -0.15) is 0 Å². The Balaban J connectivity index is 1.47. The van der Waals surface area contributed by atoms with Crippen molar-refractivity contribution in [3.05, 3.63) is 138 Å². The lowest BCUT2D eigenvalue weighted by molar-refractivity contribution is -0.248. The van der Waals surface area contributed by atoms with Gasteiger partial charge in [-0.25, -0.2) is 4.79 Å². The first-order valence-corrected chi connectivity index (χ1v) is 14.5. The van der Waals surface area contributed by atoms with Gasteiger partial charge in [0.25, 0.3) is 0 Å². The maximum absolute atomic E-state index is 12.6. The second-order valence-electron chi connectivity index (χ2n) is 9.98. The molecule has 0 bridgehead atoms. The highest BCUT2D eigenvalue weighted by Crippen LogP contribution is 2.38. The molecule has 0 aliphatic carbocycles. The van der Waals surface area contributed by atoms with Gasteiger partial charge in [0.1, 0.15) is 23.7 Å². The average Bonchev–Trinajstić information content (AvgIpc) is 3.01. The van der Waals surface area contributed by atoms with Crippen molar-refractivity contribution in [2.24, 2.45) is 0 Å². The molecule has 41 heavy (non-hydrogen) atoms. The van der Waals surface area contributed by atoms with Crippen molar-refractivity contribution in [2.45, 2.75) is 61.5 Å². The molecular weight excluding hydrogens is 536 g/mol. The van der Waals surface area contributed by atoms with E-state index in [1.807, 2.05) is 122 Å². The van der Waals surface area contributed by atoms with E-state index in [0.717, 1.165) is 27.1 Å². The van der Waals surface area contributed by atoms with Gasteiger partial charge < -0.3 is 24.1 Å². The van der Waals surface area contributed by atoms with Gasteiger partial charge in [0, 0.05) is 4.90 Å². The van der Waals surface area contributed by atoms with Crippen molar-refractivity contribution in [2.75, 3.05) is 0 Å². The van der Waals surface area contributed by atoms with E-state index in [2.05, 4.69) is 0 Å². The molecule has 0 saturated carbocycles. The van der Waals surface area contributed by atoms with E-state index >= 15 is 0 Å². The Morgan fingerprint density at radius 1 is 0.659 bits per heavy atom. The summed E-state index contributed by atoms with van der Waals surface area (Å²) in [5, 5.41) is 10.3. The maximum Gasteiger partial charge on any atom is 0.335 e. The van der Waals surface area contributed by atoms with Gasteiger partial charge in [-0.1, -0.05) is 120 Å². The van der Waals surface area contributed by atoms with Crippen LogP contribution in [0.1, 0.15) is 22.3 Å². The summed E-state index contributed by atoms with van der Waals surface area (Å²) in [4.78, 5) is 13.6. The molecule has 212 valence electrons. The minimum atomic E-state index is -1.25. The van der Waals surface area contributed by atoms with Crippen LogP contribution in [0.4, 0.5) is 0 Å². The Kier molecular flexibility index (Phi) is 10.2. The fraction of sp³-hybridized carbons (Fsp3) is 0.265. The Morgan fingerprint density at radius 2 is 1.10 bits per heavy atom. The first-order chi connectivity index (χ1) is 20.1. The van der Waals surface area contributed by atoms with E-state index in [-0.39, 0.29) is 13.2 Å². The lowest BCUT2D eigenvalue weighted by Crippen LogP contribution is -2.61. The molecule has 1 heterocycles. The molecule has 0 aromatic heterocycles. The number of aliphatic carboxylic acids is 1. The first kappa shape index (κ1) is 29.0. The zero-order valence-corrected chi connectivity index (χ0v) is 23.7. The quantitative estimate of drug-likeness (QED) is 0.204. The Morgan fingerprint density at radius 3 is 1.56 bits per heavy atom. The monoisotopic (exact) mass is 570 g/mol. The van der Waals surface area contributed by atoms with Crippen molar-refractivity contribution in [1.29, 1.82) is 0 Å². The predicted molar refractivity (Wildman–Crippen MR) is 158 cm³/mol. The third-order valence-corrected chi connectivity index (χ3v) is 8.02. The SMILES string of the molecule is Cc1ccc(S[C@@H]2OC(C(=O)O)[C@@H](OCc3ccccc3)[C@@H](OCc3ccccc3)C2OCc2ccccc2)cc1. The van der Waals surface area contributed by atoms with Crippen molar-refractivity contribution in [1.82, 2.24) is 0 Å². The number of aryl methyl sites for hydroxylation is 1. The van der Waals surface area contributed by atoms with Gasteiger partial charge in [-0.3, -0.25) is 0 Å². The molecule has 0 spiro atoms. The zero-order chi connectivity index (χ0) is 28.4. The smallest absolute Gasteiger partial charge is 0.335 e. The summed E-state index contributed by atoms with van der Waals surface area (Å²) in [5.74, 6) is -1.10. The van der Waals surface area contributed by atoms with Crippen LogP contribution < -0.4 is 0 Å². The Labute approximate surface area is 245 Å². The lowest BCUT2D eigenvalue weighted by atomic mass is 9.98. The highest BCUT2D eigenvalue weighted by molar-refractivity contribution is 7.99. The fourth-order valence-corrected chi connectivity index (χ4v) is 5.81. The van der Waals surface area contributed by atoms with Crippen LogP contribution in [0.5, 0.6) is 0 Å². The van der Waals surface area contributed by atoms with Crippen LogP contribution in [0.3, 0.4) is 0 Å². The van der Waals surface area contributed by atoms with Gasteiger partial charge in [0.15, 0.2) is 6.10 Å². The molecule has 7 heteroatoms. The second kappa shape index (κ2) is 14.4. The second-order valence-corrected chi connectivity index (χ2v) is 11.1. The first-order valence-electron chi connectivity index (χ1n) is 13.6. The molecule has 0 radical (unpaired) electrons. The molecule has 0 amide bonds. The molecule has 4 aromatic carbocycles. The molecule has 2 unspecified atom stereocenters. The number of thioether (sulfide) groups is 1. The Bertz CT molecular complexity index is 1350. The average molecular weight is 571 g/mol. The minimum absolute atomic E-state index is 0.213. The predicted octanol–water partition coefficient (Wildman–Crippen LogP) is 6.65. The standard InChI is InChI=1S/C34H34O6S/c1-24-17-19-28(20-18-24)41-34-32(39-23-27-15-9-4-10-16-27)30(38-22-26-13-7-3-8-14-26)29(31(40-34)33(35)36)37-21-25-11-5-2-6-12-25/h2-20,29-32,34H,21-23H2,1H3,(H,35,36)/t29-,30+,31?,32?,34-/m0/s1. The molecule has 1 fully saturated rings. The molecular formula is C34H34O6S. The third-order valence-electron chi connectivity index (χ3n) is 6.87. The number of benzene rings is 4. The van der Waals surface area contributed by atoms with E-state index in [1.54, 1.807) is 0 Å². The number of ether oxygens (including phenoxy) is 4. The number of rotatable bonds is 12. The van der Waals surface area contributed by atoms with Crippen LogP contribution in [0.2, 0.25) is 0 Å². The zero-order valence-electron chi connectivity index (χ0n) is 22.9. The molecule has 6 nitrogen and oxygen atoms in total. The van der Waals surface area contributed by atoms with Gasteiger partial charge >= 0.3 is 5.97 Å². The highest BCUT2D eigenvalue weighted by Gasteiger charge is 2.51. The topological polar surface area (TPSA) is 74.2 Å². The lowest BCUT2D eigenvalue weighted by Gasteiger charge is -2.44. The third kappa shape index (κ3) is 8.06. The summed E-state index contributed by atoms with van der Waals surface area (Å²) in [7, 11) is 0. The van der Waals surface area contributed by atoms with E-state index in [1.165, 1.54) is 11.8 Å². The van der Waals surface area contributed by atoms with Crippen LogP contribution in [0.15, 0.2) is 120 Å². The van der Waals surface area contributed by atoms with Crippen LogP contribution in [0, 0.1) is 6.92 Å². The minimum Gasteiger partial charge on any atom is -0.479 e. The van der Waals surface area contributed by atoms with Crippen molar-refractivity contribution in [3.63, 3.8) is 0 Å². The van der Waals surface area contributed by atoms with E-state index in [0.29, 0.717) is 6.61 Å². The van der Waals surface area contributed by atoms with Crippen LogP contribution in [0.25, 0.3) is 0 Å². The Hall–Kier alpha value is -3.46. The number of hydrogen-bond donors (Lipinski definition) is 1. The molecule has 1 aliphatic heterocycles. The summed E-state index contributed by atoms with van der Waals surface area (Å²) in [6.45, 7) is 2.83. The van der Waals surface area contributed by atoms with Gasteiger partial charge in [0.2, 0.25) is 0 Å². The molecule has 5 atom stereocenters. The van der Waals surface area contributed by atoms with Crippen LogP contribution in [-0.4, -0.2) is 40.9 Å². The van der Waals surface area contributed by atoms with Crippen molar-refractivity contribution in [3.8, 4) is 0 Å². The van der Waals surface area contributed by atoms with Crippen LogP contribution in [-0.2, 0) is 43.6 Å². The molecule has 4 aromatic rings. The summed E-state index contributed by atoms with van der Waals surface area (Å²) >= 11 is 1.43. The fourth-order valence-electron chi connectivity index (χ4n) is 4.70. The van der Waals surface area contributed by atoms with E-state index < -0.39 is 35.8 Å². The van der Waals surface area contributed by atoms with E-state index in [9.17, 15) is 9.90 Å². The number of carboxylic acids is 1. The number of carboxylic acid groups (broad SMARTS) is 1. The summed E-state index contributed by atoms with van der Waals surface area (Å²) in [6.07, 6.45) is -3.51. The highest BCUT2D eigenvalue weighted by atomic mass is 32.2. The largest absolute Gasteiger partial charge is 0.479 e.